The fourth-order valence-electron chi connectivity index (χ4n) is 3.14. The number of phosphoric acid groups is 3. The molecule has 2 aromatic rings. The third-order valence-electron chi connectivity index (χ3n) is 4.68. The van der Waals surface area contributed by atoms with Gasteiger partial charge in [-0.2, -0.15) is 13.6 Å². The molecule has 22 heteroatoms. The molecule has 3 heterocycles. The van der Waals surface area contributed by atoms with E-state index in [1.54, 1.807) is 0 Å². The van der Waals surface area contributed by atoms with Crippen LogP contribution in [0.2, 0.25) is 0 Å². The molecule has 18 nitrogen and oxygen atoms in total. The maximum absolute atomic E-state index is 15.2. The van der Waals surface area contributed by atoms with Gasteiger partial charge in [0.2, 0.25) is 5.95 Å². The molecule has 192 valence electrons. The second-order valence-corrected chi connectivity index (χ2v) is 11.3. The van der Waals surface area contributed by atoms with Crippen LogP contribution in [0, 0.1) is 5.92 Å². The van der Waals surface area contributed by atoms with Crippen molar-refractivity contribution >= 4 is 40.6 Å². The average Bonchev–Trinajstić information content (AvgIpc) is 3.18. The number of anilines is 1. The summed E-state index contributed by atoms with van der Waals surface area (Å²) in [6.45, 7) is 0.205. The molecule has 1 aliphatic heterocycles. The third-order valence-corrected chi connectivity index (χ3v) is 8.46. The number of nitrogens with one attached hydrogen (secondary N) is 1. The van der Waals surface area contributed by atoms with Crippen molar-refractivity contribution < 1.29 is 60.3 Å². The molecule has 1 aliphatic rings. The Kier molecular flexibility index (Phi) is 7.25. The lowest BCUT2D eigenvalue weighted by atomic mass is 9.98. The van der Waals surface area contributed by atoms with E-state index in [0.29, 0.717) is 0 Å². The Hall–Kier alpha value is -1.59. The number of nitrogens with two attached hydrogens (primary N) is 1. The second kappa shape index (κ2) is 9.13. The Morgan fingerprint density at radius 1 is 1.26 bits per heavy atom. The van der Waals surface area contributed by atoms with Crippen LogP contribution in [0.5, 0.6) is 0 Å². The van der Waals surface area contributed by atoms with Crippen molar-refractivity contribution in [2.45, 2.75) is 25.1 Å². The molecule has 2 aromatic heterocycles. The van der Waals surface area contributed by atoms with Crippen LogP contribution in [0.1, 0.15) is 13.2 Å². The standard InChI is InChI=1S/C12H19FN5O13P3/c1-5-6(13)10(18-4-15-7-8(18)16-11(14)17-9(7)19)29-12(5,27-2)3-28-33(23,24)31-34(25,26)30-32(20,21)22/h4-6,10H,3H2,1-2H3,(H,23,24)(H,25,26)(H2,20,21,22)(H3,14,16,17,19)/t5-,6+,10+,12+/m0/s1. The Bertz CT molecular complexity index is 1280. The Morgan fingerprint density at radius 2 is 1.91 bits per heavy atom. The van der Waals surface area contributed by atoms with Gasteiger partial charge in [0.1, 0.15) is 6.61 Å². The molecule has 0 bridgehead atoms. The maximum Gasteiger partial charge on any atom is 0.490 e. The fraction of sp³-hybridized carbons (Fsp3) is 0.583. The average molecular weight is 553 g/mol. The van der Waals surface area contributed by atoms with E-state index in [1.165, 1.54) is 6.92 Å². The van der Waals surface area contributed by atoms with Crippen LogP contribution in [0.25, 0.3) is 11.2 Å². The molecular formula is C12H19FN5O13P3. The van der Waals surface area contributed by atoms with Crippen LogP contribution >= 0.6 is 23.5 Å². The van der Waals surface area contributed by atoms with Gasteiger partial charge in [-0.25, -0.2) is 23.1 Å². The fourth-order valence-corrected chi connectivity index (χ4v) is 6.18. The minimum Gasteiger partial charge on any atom is -0.369 e. The largest absolute Gasteiger partial charge is 0.490 e. The molecule has 34 heavy (non-hydrogen) atoms. The van der Waals surface area contributed by atoms with E-state index in [1.807, 2.05) is 0 Å². The van der Waals surface area contributed by atoms with E-state index in [2.05, 4.69) is 28.1 Å². The molecule has 0 aromatic carbocycles. The van der Waals surface area contributed by atoms with Gasteiger partial charge in [-0.15, -0.1) is 0 Å². The van der Waals surface area contributed by atoms with E-state index in [-0.39, 0.29) is 17.1 Å². The summed E-state index contributed by atoms with van der Waals surface area (Å²) in [7, 11) is -15.9. The summed E-state index contributed by atoms with van der Waals surface area (Å²) in [5, 5.41) is 0. The highest BCUT2D eigenvalue weighted by Gasteiger charge is 2.56. The molecular weight excluding hydrogens is 534 g/mol. The molecule has 6 atom stereocenters. The first-order valence-electron chi connectivity index (χ1n) is 8.87. The summed E-state index contributed by atoms with van der Waals surface area (Å²) >= 11 is 0. The first-order chi connectivity index (χ1) is 15.5. The topological polar surface area (TPSA) is 268 Å². The number of hydrogen-bond donors (Lipinski definition) is 6. The number of rotatable bonds is 9. The number of imidazole rings is 1. The highest BCUT2D eigenvalue weighted by Crippen LogP contribution is 2.66. The first-order valence-corrected chi connectivity index (χ1v) is 13.4. The number of hydrogen-bond acceptors (Lipinski definition) is 12. The van der Waals surface area contributed by atoms with E-state index >= 15 is 4.39 Å². The number of nitrogens with zero attached hydrogens (tertiary/aromatic N) is 3. The number of alkyl halides is 1. The minimum absolute atomic E-state index is 0.138. The molecule has 0 radical (unpaired) electrons. The summed E-state index contributed by atoms with van der Waals surface area (Å²) in [6.07, 6.45) is -2.40. The van der Waals surface area contributed by atoms with Gasteiger partial charge in [0.15, 0.2) is 29.4 Å². The van der Waals surface area contributed by atoms with Crippen LogP contribution in [-0.4, -0.2) is 64.8 Å². The number of phosphoric ester groups is 1. The van der Waals surface area contributed by atoms with Crippen molar-refractivity contribution in [1.29, 1.82) is 0 Å². The Labute approximate surface area is 188 Å². The number of fused-ring (bicyclic) bond motifs is 1. The van der Waals surface area contributed by atoms with Crippen molar-refractivity contribution in [3.8, 4) is 0 Å². The van der Waals surface area contributed by atoms with Crippen molar-refractivity contribution in [1.82, 2.24) is 19.5 Å². The van der Waals surface area contributed by atoms with Gasteiger partial charge in [-0.3, -0.25) is 18.9 Å². The van der Waals surface area contributed by atoms with Crippen molar-refractivity contribution in [2.24, 2.45) is 5.92 Å². The lowest BCUT2D eigenvalue weighted by Crippen LogP contribution is -2.42. The summed E-state index contributed by atoms with van der Waals surface area (Å²) in [5.41, 5.74) is 4.50. The van der Waals surface area contributed by atoms with Crippen molar-refractivity contribution in [2.75, 3.05) is 19.5 Å². The summed E-state index contributed by atoms with van der Waals surface area (Å²) < 4.78 is 73.0. The van der Waals surface area contributed by atoms with Gasteiger partial charge >= 0.3 is 23.5 Å². The van der Waals surface area contributed by atoms with Crippen LogP contribution in [0.15, 0.2) is 11.1 Å². The smallest absolute Gasteiger partial charge is 0.369 e. The van der Waals surface area contributed by atoms with Gasteiger partial charge < -0.3 is 34.8 Å². The van der Waals surface area contributed by atoms with Crippen LogP contribution in [0.3, 0.4) is 0 Å². The maximum atomic E-state index is 15.2. The van der Waals surface area contributed by atoms with Crippen molar-refractivity contribution in [3.63, 3.8) is 0 Å². The van der Waals surface area contributed by atoms with E-state index < -0.39 is 59.7 Å². The van der Waals surface area contributed by atoms with Crippen LogP contribution < -0.4 is 11.3 Å². The van der Waals surface area contributed by atoms with Crippen LogP contribution in [-0.2, 0) is 36.3 Å². The summed E-state index contributed by atoms with van der Waals surface area (Å²) in [4.78, 5) is 58.0. The number of halogens is 1. The molecule has 0 aliphatic carbocycles. The zero-order chi connectivity index (χ0) is 25.7. The number of H-pyrrole nitrogens is 1. The van der Waals surface area contributed by atoms with E-state index in [9.17, 15) is 28.3 Å². The van der Waals surface area contributed by atoms with Gasteiger partial charge in [-0.05, 0) is 0 Å². The van der Waals surface area contributed by atoms with Gasteiger partial charge in [-0.1, -0.05) is 6.92 Å². The number of nitrogen functional groups attached to an aromatic ring is 1. The summed E-state index contributed by atoms with van der Waals surface area (Å²) in [5.74, 6) is -3.61. The molecule has 0 amide bonds. The SMILES string of the molecule is CO[C@]1(COP(=O)(O)OP(=O)(O)OP(=O)(O)O)O[C@@H](n2cnc3c(=O)[nH]c(N)nc32)[C@H](F)[C@@H]1C. The normalized spacial score (nSPS) is 29.2. The lowest BCUT2D eigenvalue weighted by molar-refractivity contribution is -0.254. The predicted molar refractivity (Wildman–Crippen MR) is 106 cm³/mol. The molecule has 3 rings (SSSR count). The van der Waals surface area contributed by atoms with Gasteiger partial charge in [0, 0.05) is 13.0 Å². The first kappa shape index (κ1) is 27.0. The number of aromatic nitrogens is 4. The lowest BCUT2D eigenvalue weighted by Gasteiger charge is -2.31. The van der Waals surface area contributed by atoms with Crippen LogP contribution in [0.4, 0.5) is 10.3 Å². The molecule has 1 fully saturated rings. The zero-order valence-electron chi connectivity index (χ0n) is 17.1. The third kappa shape index (κ3) is 5.62. The summed E-state index contributed by atoms with van der Waals surface area (Å²) in [6, 6.07) is 0. The second-order valence-electron chi connectivity index (χ2n) is 6.90. The highest BCUT2D eigenvalue weighted by molar-refractivity contribution is 7.66. The van der Waals surface area contributed by atoms with E-state index in [4.69, 9.17) is 25.0 Å². The predicted octanol–water partition coefficient (Wildman–Crippen LogP) is -0.109. The van der Waals surface area contributed by atoms with E-state index in [0.717, 1.165) is 18.0 Å². The molecule has 2 unspecified atom stereocenters. The number of aromatic amines is 1. The Morgan fingerprint density at radius 3 is 2.50 bits per heavy atom. The number of ether oxygens (including phenoxy) is 2. The van der Waals surface area contributed by atoms with Gasteiger partial charge in [0.05, 0.1) is 6.33 Å². The van der Waals surface area contributed by atoms with Crippen molar-refractivity contribution in [3.05, 3.63) is 16.7 Å². The quantitative estimate of drug-likeness (QED) is 0.221. The molecule has 0 saturated carbocycles. The monoisotopic (exact) mass is 553 g/mol. The molecule has 1 saturated heterocycles. The van der Waals surface area contributed by atoms with Gasteiger partial charge in [0.25, 0.3) is 5.56 Å². The minimum atomic E-state index is -5.77. The Balaban J connectivity index is 1.83. The molecule has 7 N–H and O–H groups in total. The highest BCUT2D eigenvalue weighted by atomic mass is 31.3. The molecule has 0 spiro atoms. The number of methoxy groups -OCH3 is 1. The zero-order valence-corrected chi connectivity index (χ0v) is 19.8.